The van der Waals surface area contributed by atoms with E-state index >= 15 is 0 Å². The molecular weight excluding hydrogens is 293 g/mol. The summed E-state index contributed by atoms with van der Waals surface area (Å²) >= 11 is 0. The summed E-state index contributed by atoms with van der Waals surface area (Å²) in [5.74, 6) is -0.961. The predicted molar refractivity (Wildman–Crippen MR) is 76.3 cm³/mol. The molecule has 0 bridgehead atoms. The number of fused-ring (bicyclic) bond motifs is 1. The van der Waals surface area contributed by atoms with Gasteiger partial charge in [-0.3, -0.25) is 4.79 Å². The Balaban J connectivity index is 2.18. The number of benzene rings is 2. The number of anilines is 1. The molecule has 2 aromatic carbocycles. The molecule has 0 aliphatic carbocycles. The molecule has 1 aliphatic rings. The van der Waals surface area contributed by atoms with Crippen LogP contribution in [0.4, 0.5) is 18.9 Å². The van der Waals surface area contributed by atoms with Gasteiger partial charge in [0.15, 0.2) is 0 Å². The smallest absolute Gasteiger partial charge is 0.366 e. The van der Waals surface area contributed by atoms with E-state index in [-0.39, 0.29) is 24.3 Å². The van der Waals surface area contributed by atoms with E-state index in [1.165, 1.54) is 4.90 Å². The number of hydrogen-bond acceptors (Lipinski definition) is 2. The van der Waals surface area contributed by atoms with Crippen LogP contribution in [0.2, 0.25) is 0 Å². The first-order chi connectivity index (χ1) is 11.2. The Morgan fingerprint density at radius 1 is 1.18 bits per heavy atom. The van der Waals surface area contributed by atoms with Crippen LogP contribution in [-0.2, 0) is 19.3 Å². The fourth-order valence-corrected chi connectivity index (χ4v) is 2.52. The topological polar surface area (TPSA) is 46.3 Å². The third kappa shape index (κ3) is 2.52. The zero-order chi connectivity index (χ0) is 17.6. The van der Waals surface area contributed by atoms with Crippen molar-refractivity contribution in [2.75, 3.05) is 4.90 Å². The maximum atomic E-state index is 13.2. The number of halogens is 3. The summed E-state index contributed by atoms with van der Waals surface area (Å²) in [5.41, 5.74) is 5.31. The summed E-state index contributed by atoms with van der Waals surface area (Å²) in [5, 5.41) is 0. The monoisotopic (exact) mass is 308 g/mol. The number of alkyl halides is 3. The summed E-state index contributed by atoms with van der Waals surface area (Å²) in [4.78, 5) is 13.2. The minimum absolute atomic E-state index is 0.179. The maximum Gasteiger partial charge on any atom is 0.416 e. The molecule has 0 saturated heterocycles. The van der Waals surface area contributed by atoms with E-state index < -0.39 is 29.7 Å². The minimum Gasteiger partial charge on any atom is -0.366 e. The number of carbonyl (C=O) groups excluding carboxylic acids is 1. The van der Waals surface area contributed by atoms with Gasteiger partial charge in [0, 0.05) is 13.1 Å². The van der Waals surface area contributed by atoms with Crippen molar-refractivity contribution in [3.8, 4) is 0 Å². The first-order valence-corrected chi connectivity index (χ1v) is 6.53. The van der Waals surface area contributed by atoms with Crippen molar-refractivity contribution in [1.29, 1.82) is 0 Å². The van der Waals surface area contributed by atoms with Crippen molar-refractivity contribution >= 4 is 11.6 Å². The van der Waals surface area contributed by atoms with Crippen LogP contribution in [0, 0.1) is 0 Å². The Morgan fingerprint density at radius 2 is 1.77 bits per heavy atom. The van der Waals surface area contributed by atoms with Gasteiger partial charge in [-0.1, -0.05) is 24.3 Å². The van der Waals surface area contributed by atoms with Crippen LogP contribution >= 0.6 is 0 Å². The number of carbonyl (C=O) groups is 1. The first-order valence-electron chi connectivity index (χ1n) is 7.53. The fraction of sp³-hybridized carbons (Fsp3) is 0.188. The molecule has 114 valence electrons. The zero-order valence-corrected chi connectivity index (χ0v) is 11.4. The molecule has 22 heavy (non-hydrogen) atoms. The van der Waals surface area contributed by atoms with Crippen LogP contribution < -0.4 is 10.6 Å². The Kier molecular flexibility index (Phi) is 2.77. The van der Waals surface area contributed by atoms with E-state index in [2.05, 4.69) is 0 Å². The number of primary amides is 1. The van der Waals surface area contributed by atoms with Gasteiger partial charge in [0.1, 0.15) is 0 Å². The molecule has 0 spiro atoms. The second-order valence-corrected chi connectivity index (χ2v) is 5.04. The molecule has 3 rings (SSSR count). The highest BCUT2D eigenvalue weighted by Gasteiger charge is 2.32. The van der Waals surface area contributed by atoms with Crippen molar-refractivity contribution < 1.29 is 20.7 Å². The molecule has 3 nitrogen and oxygen atoms in total. The number of rotatable bonds is 2. The zero-order valence-electron chi connectivity index (χ0n) is 13.4. The first kappa shape index (κ1) is 12.1. The van der Waals surface area contributed by atoms with Crippen molar-refractivity contribution in [2.45, 2.75) is 19.3 Å². The van der Waals surface area contributed by atoms with Crippen molar-refractivity contribution in [3.05, 3.63) is 64.7 Å². The third-order valence-electron chi connectivity index (χ3n) is 3.57. The van der Waals surface area contributed by atoms with Crippen molar-refractivity contribution in [2.24, 2.45) is 5.73 Å². The Hall–Kier alpha value is -2.50. The van der Waals surface area contributed by atoms with Gasteiger partial charge in [-0.25, -0.2) is 0 Å². The molecular formula is C16H13F3N2O. The summed E-state index contributed by atoms with van der Waals surface area (Å²) in [6.45, 7) is 0.550. The highest BCUT2D eigenvalue weighted by molar-refractivity contribution is 5.99. The van der Waals surface area contributed by atoms with Crippen LogP contribution in [0.15, 0.2) is 42.4 Å². The van der Waals surface area contributed by atoms with Crippen LogP contribution in [0.5, 0.6) is 0 Å². The molecule has 0 unspecified atom stereocenters. The second-order valence-electron chi connectivity index (χ2n) is 5.04. The molecule has 1 aliphatic heterocycles. The highest BCUT2D eigenvalue weighted by Crippen LogP contribution is 2.36. The standard InChI is InChI=1S/C16H13F3N2O/c17-16(18,19)12-5-6-13(15(20)22)14(7-12)21-8-10-3-1-2-4-11(10)9-21/h1-7H,8-9H2,(H2,20,22)/i5D,7D. The lowest BCUT2D eigenvalue weighted by Gasteiger charge is -2.22. The molecule has 0 fully saturated rings. The number of hydrogen-bond donors (Lipinski definition) is 1. The summed E-state index contributed by atoms with van der Waals surface area (Å²) in [6, 6.07) is 6.28. The molecule has 0 atom stereocenters. The van der Waals surface area contributed by atoms with Crippen LogP contribution in [0.25, 0.3) is 0 Å². The summed E-state index contributed by atoms with van der Waals surface area (Å²) in [6.07, 6.45) is -4.86. The molecule has 0 radical (unpaired) electrons. The van der Waals surface area contributed by atoms with Crippen molar-refractivity contribution in [1.82, 2.24) is 0 Å². The largest absolute Gasteiger partial charge is 0.416 e. The highest BCUT2D eigenvalue weighted by atomic mass is 19.4. The lowest BCUT2D eigenvalue weighted by molar-refractivity contribution is -0.137. The van der Waals surface area contributed by atoms with Gasteiger partial charge in [-0.05, 0) is 29.3 Å². The van der Waals surface area contributed by atoms with Gasteiger partial charge in [-0.2, -0.15) is 13.2 Å². The SMILES string of the molecule is [2H]c1cc(C(N)=O)c(N2Cc3ccccc3C2)c([2H])c1C(F)(F)F. The Morgan fingerprint density at radius 3 is 2.27 bits per heavy atom. The molecule has 2 aromatic rings. The summed E-state index contributed by atoms with van der Waals surface area (Å²) in [7, 11) is 0. The maximum absolute atomic E-state index is 13.2. The van der Waals surface area contributed by atoms with Gasteiger partial charge in [0.2, 0.25) is 0 Å². The van der Waals surface area contributed by atoms with E-state index in [0.29, 0.717) is 0 Å². The quantitative estimate of drug-likeness (QED) is 0.925. The van der Waals surface area contributed by atoms with E-state index in [9.17, 15) is 18.0 Å². The number of nitrogens with zero attached hydrogens (tertiary/aromatic N) is 1. The number of nitrogens with two attached hydrogens (primary N) is 1. The molecule has 2 N–H and O–H groups in total. The molecule has 1 amide bonds. The molecule has 0 saturated carbocycles. The molecule has 6 heteroatoms. The Labute approximate surface area is 128 Å². The van der Waals surface area contributed by atoms with E-state index in [1.807, 2.05) is 24.3 Å². The normalized spacial score (nSPS) is 15.3. The molecule has 0 aromatic heterocycles. The minimum atomic E-state index is -4.86. The Bertz CT molecular complexity index is 812. The van der Waals surface area contributed by atoms with Gasteiger partial charge < -0.3 is 10.6 Å². The van der Waals surface area contributed by atoms with Gasteiger partial charge >= 0.3 is 6.18 Å². The average molecular weight is 308 g/mol. The fourth-order valence-electron chi connectivity index (χ4n) is 2.52. The second kappa shape index (κ2) is 5.05. The van der Waals surface area contributed by atoms with Crippen LogP contribution in [0.3, 0.4) is 0 Å². The predicted octanol–water partition coefficient (Wildman–Crippen LogP) is 3.32. The third-order valence-corrected chi connectivity index (χ3v) is 3.57. The lowest BCUT2D eigenvalue weighted by atomic mass is 10.1. The van der Waals surface area contributed by atoms with Gasteiger partial charge in [0.25, 0.3) is 5.91 Å². The van der Waals surface area contributed by atoms with E-state index in [1.54, 1.807) is 0 Å². The van der Waals surface area contributed by atoms with E-state index in [4.69, 9.17) is 8.48 Å². The average Bonchev–Trinajstić information content (AvgIpc) is 2.88. The van der Waals surface area contributed by atoms with Crippen LogP contribution in [-0.4, -0.2) is 5.91 Å². The van der Waals surface area contributed by atoms with E-state index in [0.717, 1.165) is 17.2 Å². The van der Waals surface area contributed by atoms with Gasteiger partial charge in [-0.15, -0.1) is 0 Å². The van der Waals surface area contributed by atoms with Crippen molar-refractivity contribution in [3.63, 3.8) is 0 Å². The summed E-state index contributed by atoms with van der Waals surface area (Å²) < 4.78 is 55.1. The van der Waals surface area contributed by atoms with Crippen LogP contribution in [0.1, 0.15) is 29.8 Å². The number of amides is 1. The van der Waals surface area contributed by atoms with Gasteiger partial charge in [0.05, 0.1) is 19.6 Å². The lowest BCUT2D eigenvalue weighted by Crippen LogP contribution is -2.22. The molecule has 1 heterocycles.